The minimum absolute atomic E-state index is 0.0616. The maximum absolute atomic E-state index is 11.4. The molecular formula is C14H20O3. The van der Waals surface area contributed by atoms with Crippen LogP contribution in [0.5, 0.6) is 0 Å². The highest BCUT2D eigenvalue weighted by molar-refractivity contribution is 5.84. The van der Waals surface area contributed by atoms with E-state index in [0.29, 0.717) is 6.61 Å². The second kappa shape index (κ2) is 7.83. The van der Waals surface area contributed by atoms with Crippen molar-refractivity contribution in [3.05, 3.63) is 23.8 Å². The lowest BCUT2D eigenvalue weighted by molar-refractivity contribution is -0.143. The van der Waals surface area contributed by atoms with Crippen LogP contribution in [0.4, 0.5) is 0 Å². The lowest BCUT2D eigenvalue weighted by atomic mass is 10.0. The van der Waals surface area contributed by atoms with Crippen molar-refractivity contribution < 1.29 is 14.3 Å². The number of rotatable bonds is 7. The molecule has 94 valence electrons. The van der Waals surface area contributed by atoms with Crippen molar-refractivity contribution >= 4 is 5.78 Å². The summed E-state index contributed by atoms with van der Waals surface area (Å²) in [6.45, 7) is 5.66. The third-order valence-corrected chi connectivity index (χ3v) is 2.49. The molecule has 0 rings (SSSR count). The van der Waals surface area contributed by atoms with Crippen molar-refractivity contribution in [3.8, 4) is 12.3 Å². The number of carbonyl (C=O) groups excluding carboxylic acids is 1. The smallest absolute Gasteiger partial charge is 0.163 e. The number of hydrogen-bond donors (Lipinski definition) is 0. The van der Waals surface area contributed by atoms with Gasteiger partial charge in [0.15, 0.2) is 5.78 Å². The summed E-state index contributed by atoms with van der Waals surface area (Å²) in [5, 5.41) is 0. The van der Waals surface area contributed by atoms with Crippen LogP contribution in [0.25, 0.3) is 0 Å². The average Bonchev–Trinajstić information content (AvgIpc) is 2.29. The molecule has 0 aromatic heterocycles. The number of hydrogen-bond acceptors (Lipinski definition) is 3. The number of terminal acetylenes is 1. The largest absolute Gasteiger partial charge is 0.373 e. The van der Waals surface area contributed by atoms with Crippen molar-refractivity contribution in [2.45, 2.75) is 26.4 Å². The highest BCUT2D eigenvalue weighted by Gasteiger charge is 2.29. The second-order valence-electron chi connectivity index (χ2n) is 3.87. The van der Waals surface area contributed by atoms with Crippen LogP contribution in [-0.4, -0.2) is 31.7 Å². The number of Topliss-reactive ketones (excluding diaryl/α,β-unsaturated/α-hetero) is 1. The van der Waals surface area contributed by atoms with Crippen LogP contribution in [0, 0.1) is 12.3 Å². The van der Waals surface area contributed by atoms with Crippen molar-refractivity contribution in [3.63, 3.8) is 0 Å². The predicted molar refractivity (Wildman–Crippen MR) is 68.6 cm³/mol. The molecule has 1 atom stereocenters. The summed E-state index contributed by atoms with van der Waals surface area (Å²) < 4.78 is 10.6. The number of ether oxygens (including phenoxy) is 2. The second-order valence-corrected chi connectivity index (χ2v) is 3.87. The molecule has 0 aliphatic carbocycles. The summed E-state index contributed by atoms with van der Waals surface area (Å²) in [7, 11) is 1.49. The van der Waals surface area contributed by atoms with Gasteiger partial charge in [0.2, 0.25) is 0 Å². The van der Waals surface area contributed by atoms with E-state index < -0.39 is 5.60 Å². The van der Waals surface area contributed by atoms with Gasteiger partial charge in [0, 0.05) is 7.11 Å². The van der Waals surface area contributed by atoms with Crippen LogP contribution in [-0.2, 0) is 14.3 Å². The summed E-state index contributed by atoms with van der Waals surface area (Å²) in [6, 6.07) is 0. The van der Waals surface area contributed by atoms with Gasteiger partial charge in [0.25, 0.3) is 0 Å². The molecule has 0 heterocycles. The Hall–Kier alpha value is -1.37. The Morgan fingerprint density at radius 2 is 2.18 bits per heavy atom. The Kier molecular flexibility index (Phi) is 7.20. The number of carbonyl (C=O) groups is 1. The van der Waals surface area contributed by atoms with E-state index in [1.807, 2.05) is 19.1 Å². The van der Waals surface area contributed by atoms with Crippen molar-refractivity contribution in [1.82, 2.24) is 0 Å². The highest BCUT2D eigenvalue weighted by atomic mass is 16.5. The third-order valence-electron chi connectivity index (χ3n) is 2.49. The van der Waals surface area contributed by atoms with E-state index in [1.165, 1.54) is 14.0 Å². The van der Waals surface area contributed by atoms with Crippen molar-refractivity contribution in [2.75, 3.05) is 20.3 Å². The molecule has 17 heavy (non-hydrogen) atoms. The first-order valence-electron chi connectivity index (χ1n) is 5.42. The first-order chi connectivity index (χ1) is 8.00. The third kappa shape index (κ3) is 5.48. The van der Waals surface area contributed by atoms with Gasteiger partial charge in [-0.1, -0.05) is 18.1 Å². The molecule has 3 heteroatoms. The zero-order valence-corrected chi connectivity index (χ0v) is 10.9. The van der Waals surface area contributed by atoms with Crippen LogP contribution in [0.2, 0.25) is 0 Å². The molecule has 0 aliphatic heterocycles. The minimum atomic E-state index is -0.892. The van der Waals surface area contributed by atoms with Gasteiger partial charge in [-0.2, -0.15) is 0 Å². The van der Waals surface area contributed by atoms with Gasteiger partial charge in [0.1, 0.15) is 5.60 Å². The van der Waals surface area contributed by atoms with Crippen molar-refractivity contribution in [2.24, 2.45) is 0 Å². The molecule has 3 nitrogen and oxygen atoms in total. The number of methoxy groups -OCH3 is 1. The Morgan fingerprint density at radius 1 is 1.53 bits per heavy atom. The summed E-state index contributed by atoms with van der Waals surface area (Å²) >= 11 is 0. The molecule has 0 bridgehead atoms. The van der Waals surface area contributed by atoms with Gasteiger partial charge in [-0.15, -0.1) is 6.42 Å². The normalized spacial score (nSPS) is 15.6. The van der Waals surface area contributed by atoms with Crippen LogP contribution >= 0.6 is 0 Å². The zero-order chi connectivity index (χ0) is 13.3. The standard InChI is InChI=1S/C14H20O3/c1-6-8-13(9-7-2)10-17-11-14(4,16-5)12(3)15/h1,7-9H,10-11H2,2-5H3/b9-7-,13-8+. The molecule has 0 aromatic carbocycles. The molecule has 0 radical (unpaired) electrons. The molecule has 0 aliphatic rings. The quantitative estimate of drug-likeness (QED) is 0.502. The van der Waals surface area contributed by atoms with Gasteiger partial charge in [-0.05, 0) is 32.4 Å². The summed E-state index contributed by atoms with van der Waals surface area (Å²) in [4.78, 5) is 11.4. The van der Waals surface area contributed by atoms with Crippen LogP contribution < -0.4 is 0 Å². The van der Waals surface area contributed by atoms with E-state index in [9.17, 15) is 4.79 Å². The van der Waals surface area contributed by atoms with E-state index >= 15 is 0 Å². The molecule has 0 aromatic rings. The fourth-order valence-corrected chi connectivity index (χ4v) is 1.13. The lowest BCUT2D eigenvalue weighted by Crippen LogP contribution is -2.40. The predicted octanol–water partition coefficient (Wildman–Crippen LogP) is 2.13. The molecule has 0 saturated heterocycles. The molecule has 0 amide bonds. The van der Waals surface area contributed by atoms with E-state index in [4.69, 9.17) is 15.9 Å². The Balaban J connectivity index is 4.35. The maximum Gasteiger partial charge on any atom is 0.163 e. The SMILES string of the molecule is C#C/C=C(\C=C/C)COCC(C)(OC)C(C)=O. The minimum Gasteiger partial charge on any atom is -0.373 e. The van der Waals surface area contributed by atoms with Gasteiger partial charge >= 0.3 is 0 Å². The van der Waals surface area contributed by atoms with Gasteiger partial charge < -0.3 is 9.47 Å². The average molecular weight is 236 g/mol. The summed E-state index contributed by atoms with van der Waals surface area (Å²) in [5.41, 5.74) is -0.00557. The molecule has 1 unspecified atom stereocenters. The van der Waals surface area contributed by atoms with Crippen molar-refractivity contribution in [1.29, 1.82) is 0 Å². The van der Waals surface area contributed by atoms with Crippen LogP contribution in [0.1, 0.15) is 20.8 Å². The van der Waals surface area contributed by atoms with Gasteiger partial charge in [-0.3, -0.25) is 4.79 Å². The Labute approximate surface area is 103 Å². The highest BCUT2D eigenvalue weighted by Crippen LogP contribution is 2.12. The lowest BCUT2D eigenvalue weighted by Gasteiger charge is -2.24. The van der Waals surface area contributed by atoms with E-state index in [-0.39, 0.29) is 12.4 Å². The number of ketones is 1. The van der Waals surface area contributed by atoms with E-state index in [0.717, 1.165) is 5.57 Å². The van der Waals surface area contributed by atoms with Crippen LogP contribution in [0.15, 0.2) is 23.8 Å². The van der Waals surface area contributed by atoms with Gasteiger partial charge in [0.05, 0.1) is 13.2 Å². The fourth-order valence-electron chi connectivity index (χ4n) is 1.13. The molecular weight excluding hydrogens is 216 g/mol. The Morgan fingerprint density at radius 3 is 2.59 bits per heavy atom. The summed E-state index contributed by atoms with van der Waals surface area (Å²) in [5.74, 6) is 2.38. The summed E-state index contributed by atoms with van der Waals surface area (Å²) in [6.07, 6.45) is 10.6. The van der Waals surface area contributed by atoms with Crippen LogP contribution in [0.3, 0.4) is 0 Å². The Bertz CT molecular complexity index is 347. The number of allylic oxidation sites excluding steroid dienone is 2. The van der Waals surface area contributed by atoms with E-state index in [2.05, 4.69) is 5.92 Å². The molecule has 0 fully saturated rings. The first-order valence-corrected chi connectivity index (χ1v) is 5.42. The van der Waals surface area contributed by atoms with E-state index in [1.54, 1.807) is 13.0 Å². The molecule has 0 spiro atoms. The molecule has 0 N–H and O–H groups in total. The zero-order valence-electron chi connectivity index (χ0n) is 10.9. The van der Waals surface area contributed by atoms with Gasteiger partial charge in [-0.25, -0.2) is 0 Å². The monoisotopic (exact) mass is 236 g/mol. The maximum atomic E-state index is 11.4. The molecule has 0 saturated carbocycles. The first kappa shape index (κ1) is 15.6. The fraction of sp³-hybridized carbons (Fsp3) is 0.500. The topological polar surface area (TPSA) is 35.5 Å².